The van der Waals surface area contributed by atoms with Crippen LogP contribution in [0.5, 0.6) is 0 Å². The molecule has 2 aromatic rings. The molecule has 8 nitrogen and oxygen atoms in total. The van der Waals surface area contributed by atoms with Gasteiger partial charge in [-0.25, -0.2) is 4.98 Å². The number of carbonyl (C=O) groups is 2. The normalized spacial score (nSPS) is 14.6. The van der Waals surface area contributed by atoms with E-state index < -0.39 is 21.8 Å². The molecule has 0 aliphatic carbocycles. The number of hydrogen-bond acceptors (Lipinski definition) is 6. The van der Waals surface area contributed by atoms with Gasteiger partial charge >= 0.3 is 0 Å². The van der Waals surface area contributed by atoms with Crippen LogP contribution in [-0.2, 0) is 10.0 Å². The maximum atomic E-state index is 12.4. The standard InChI is InChI=1S/C12H10N4O4S/c1-6-14-5-9(15-6)21(19,20)16-11(17)7-3-2-4-8(13)10(7)12(16)18/h2-5H,13H2,1H3,(H,14,15). The van der Waals surface area contributed by atoms with E-state index in [4.69, 9.17) is 5.73 Å². The minimum Gasteiger partial charge on any atom is -0.398 e. The summed E-state index contributed by atoms with van der Waals surface area (Å²) in [5.41, 5.74) is 5.59. The highest BCUT2D eigenvalue weighted by molar-refractivity contribution is 7.90. The molecule has 2 amide bonds. The largest absolute Gasteiger partial charge is 0.398 e. The Morgan fingerprint density at radius 1 is 1.24 bits per heavy atom. The van der Waals surface area contributed by atoms with E-state index in [2.05, 4.69) is 9.97 Å². The van der Waals surface area contributed by atoms with Crippen molar-refractivity contribution in [3.05, 3.63) is 41.3 Å². The summed E-state index contributed by atoms with van der Waals surface area (Å²) in [6.45, 7) is 1.55. The Labute approximate surface area is 119 Å². The number of aryl methyl sites for hydroxylation is 1. The molecule has 1 aromatic carbocycles. The van der Waals surface area contributed by atoms with Crippen LogP contribution in [0.3, 0.4) is 0 Å². The van der Waals surface area contributed by atoms with Gasteiger partial charge in [-0.3, -0.25) is 9.59 Å². The molecule has 1 aliphatic heterocycles. The molecule has 0 bridgehead atoms. The minimum atomic E-state index is -4.34. The molecular weight excluding hydrogens is 296 g/mol. The van der Waals surface area contributed by atoms with Crippen molar-refractivity contribution in [1.82, 2.24) is 14.3 Å². The summed E-state index contributed by atoms with van der Waals surface area (Å²) >= 11 is 0. The lowest BCUT2D eigenvalue weighted by Gasteiger charge is -2.12. The van der Waals surface area contributed by atoms with Crippen molar-refractivity contribution >= 4 is 27.5 Å². The average molecular weight is 306 g/mol. The van der Waals surface area contributed by atoms with Crippen LogP contribution in [0.25, 0.3) is 0 Å². The fourth-order valence-electron chi connectivity index (χ4n) is 2.14. The third-order valence-corrected chi connectivity index (χ3v) is 4.68. The molecule has 0 spiro atoms. The molecule has 0 unspecified atom stereocenters. The molecule has 9 heteroatoms. The quantitative estimate of drug-likeness (QED) is 0.606. The lowest BCUT2D eigenvalue weighted by atomic mass is 10.1. The van der Waals surface area contributed by atoms with Crippen molar-refractivity contribution in [2.24, 2.45) is 0 Å². The first kappa shape index (κ1) is 13.3. The number of nitrogen functional groups attached to an aromatic ring is 1. The number of amides is 2. The third kappa shape index (κ3) is 1.74. The van der Waals surface area contributed by atoms with Gasteiger partial charge in [0.1, 0.15) is 5.82 Å². The molecule has 0 radical (unpaired) electrons. The number of nitrogens with two attached hydrogens (primary N) is 1. The zero-order valence-corrected chi connectivity index (χ0v) is 11.6. The fraction of sp³-hybridized carbons (Fsp3) is 0.0833. The molecule has 2 heterocycles. The molecule has 0 saturated heterocycles. The number of imide groups is 1. The molecule has 1 aromatic heterocycles. The van der Waals surface area contributed by atoms with Gasteiger partial charge in [0, 0.05) is 5.69 Å². The van der Waals surface area contributed by atoms with Gasteiger partial charge in [-0.1, -0.05) is 6.07 Å². The van der Waals surface area contributed by atoms with Crippen molar-refractivity contribution in [2.45, 2.75) is 11.9 Å². The van der Waals surface area contributed by atoms with Crippen LogP contribution < -0.4 is 5.73 Å². The van der Waals surface area contributed by atoms with E-state index in [1.165, 1.54) is 18.2 Å². The van der Waals surface area contributed by atoms with Gasteiger partial charge in [0.2, 0.25) is 0 Å². The number of carbonyl (C=O) groups excluding carboxylic acids is 2. The third-order valence-electron chi connectivity index (χ3n) is 3.11. The highest BCUT2D eigenvalue weighted by Gasteiger charge is 2.45. The van der Waals surface area contributed by atoms with Crippen LogP contribution in [-0.4, -0.2) is 34.5 Å². The monoisotopic (exact) mass is 306 g/mol. The second kappa shape index (κ2) is 4.16. The van der Waals surface area contributed by atoms with Crippen LogP contribution in [0.15, 0.2) is 29.4 Å². The number of hydrogen-bond donors (Lipinski definition) is 2. The Hall–Kier alpha value is -2.68. The summed E-state index contributed by atoms with van der Waals surface area (Å²) in [6, 6.07) is 4.27. The topological polar surface area (TPSA) is 126 Å². The number of anilines is 1. The van der Waals surface area contributed by atoms with E-state index >= 15 is 0 Å². The van der Waals surface area contributed by atoms with E-state index in [0.717, 1.165) is 6.20 Å². The predicted molar refractivity (Wildman–Crippen MR) is 71.9 cm³/mol. The van der Waals surface area contributed by atoms with Gasteiger partial charge in [-0.15, -0.1) is 0 Å². The average Bonchev–Trinajstić information content (AvgIpc) is 2.94. The highest BCUT2D eigenvalue weighted by Crippen LogP contribution is 2.31. The van der Waals surface area contributed by atoms with Crippen molar-refractivity contribution in [3.63, 3.8) is 0 Å². The van der Waals surface area contributed by atoms with Gasteiger partial charge in [-0.2, -0.15) is 12.7 Å². The Balaban J connectivity index is 2.17. The summed E-state index contributed by atoms with van der Waals surface area (Å²) in [5.74, 6) is -1.53. The maximum absolute atomic E-state index is 12.4. The number of imidazole rings is 1. The van der Waals surface area contributed by atoms with E-state index in [1.54, 1.807) is 6.92 Å². The lowest BCUT2D eigenvalue weighted by molar-refractivity contribution is 0.0765. The van der Waals surface area contributed by atoms with E-state index in [0.29, 0.717) is 5.82 Å². The first-order valence-electron chi connectivity index (χ1n) is 5.88. The minimum absolute atomic E-state index is 0.0280. The molecule has 3 rings (SSSR count). The first-order chi connectivity index (χ1) is 9.84. The van der Waals surface area contributed by atoms with Gasteiger partial charge < -0.3 is 10.7 Å². The number of nitrogens with one attached hydrogen (secondary N) is 1. The molecule has 21 heavy (non-hydrogen) atoms. The van der Waals surface area contributed by atoms with Crippen molar-refractivity contribution in [3.8, 4) is 0 Å². The second-order valence-corrected chi connectivity index (χ2v) is 6.24. The molecule has 3 N–H and O–H groups in total. The number of nitrogens with zero attached hydrogens (tertiary/aromatic N) is 2. The van der Waals surface area contributed by atoms with E-state index in [9.17, 15) is 18.0 Å². The van der Waals surface area contributed by atoms with E-state index in [1.807, 2.05) is 0 Å². The SMILES string of the molecule is Cc1ncc(S(=O)(=O)N2C(=O)c3cccc(N)c3C2=O)[nH]1. The summed E-state index contributed by atoms with van der Waals surface area (Å²) < 4.78 is 25.1. The number of rotatable bonds is 2. The number of aromatic nitrogens is 2. The zero-order chi connectivity index (χ0) is 15.4. The molecular formula is C12H10N4O4S. The summed E-state index contributed by atoms with van der Waals surface area (Å²) in [4.78, 5) is 30.8. The number of fused-ring (bicyclic) bond motifs is 1. The lowest BCUT2D eigenvalue weighted by Crippen LogP contribution is -2.36. The number of benzene rings is 1. The Bertz CT molecular complexity index is 884. The number of H-pyrrole nitrogens is 1. The molecule has 0 atom stereocenters. The van der Waals surface area contributed by atoms with Gasteiger partial charge in [0.15, 0.2) is 5.03 Å². The Kier molecular flexibility index (Phi) is 2.63. The molecule has 1 aliphatic rings. The highest BCUT2D eigenvalue weighted by atomic mass is 32.2. The number of sulfonamides is 1. The van der Waals surface area contributed by atoms with Crippen molar-refractivity contribution in [2.75, 3.05) is 5.73 Å². The predicted octanol–water partition coefficient (Wildman–Crippen LogP) is 0.285. The summed E-state index contributed by atoms with van der Waals surface area (Å²) in [6.07, 6.45) is 1.05. The van der Waals surface area contributed by atoms with Crippen LogP contribution in [0, 0.1) is 6.92 Å². The van der Waals surface area contributed by atoms with Crippen LogP contribution in [0.2, 0.25) is 0 Å². The summed E-state index contributed by atoms with van der Waals surface area (Å²) in [7, 11) is -4.34. The van der Waals surface area contributed by atoms with Gasteiger partial charge in [-0.05, 0) is 19.1 Å². The molecule has 0 saturated carbocycles. The van der Waals surface area contributed by atoms with Crippen LogP contribution >= 0.6 is 0 Å². The van der Waals surface area contributed by atoms with Crippen molar-refractivity contribution in [1.29, 1.82) is 0 Å². The second-order valence-electron chi connectivity index (χ2n) is 4.48. The smallest absolute Gasteiger partial charge is 0.290 e. The van der Waals surface area contributed by atoms with Gasteiger partial charge in [0.25, 0.3) is 21.8 Å². The maximum Gasteiger partial charge on any atom is 0.290 e. The Morgan fingerprint density at radius 3 is 2.52 bits per heavy atom. The zero-order valence-electron chi connectivity index (χ0n) is 10.8. The van der Waals surface area contributed by atoms with Gasteiger partial charge in [0.05, 0.1) is 17.3 Å². The van der Waals surface area contributed by atoms with Crippen LogP contribution in [0.4, 0.5) is 5.69 Å². The Morgan fingerprint density at radius 2 is 1.95 bits per heavy atom. The number of aromatic amines is 1. The fourth-order valence-corrected chi connectivity index (χ4v) is 3.42. The summed E-state index contributed by atoms with van der Waals surface area (Å²) in [5, 5.41) is -0.326. The molecule has 108 valence electrons. The van der Waals surface area contributed by atoms with E-state index in [-0.39, 0.29) is 26.1 Å². The van der Waals surface area contributed by atoms with Crippen molar-refractivity contribution < 1.29 is 18.0 Å². The molecule has 0 fully saturated rings. The van der Waals surface area contributed by atoms with Crippen LogP contribution in [0.1, 0.15) is 26.5 Å². The first-order valence-corrected chi connectivity index (χ1v) is 7.32.